The molecule has 0 aliphatic carbocycles. The Kier molecular flexibility index (Phi) is 11.6. The van der Waals surface area contributed by atoms with Crippen molar-refractivity contribution < 1.29 is 37.0 Å². The van der Waals surface area contributed by atoms with Crippen LogP contribution >= 0.6 is 0 Å². The highest BCUT2D eigenvalue weighted by Gasteiger charge is 2.34. The number of nitrogens with two attached hydrogens (primary N) is 3. The Morgan fingerprint density at radius 1 is 1.00 bits per heavy atom. The van der Waals surface area contributed by atoms with E-state index in [0.717, 1.165) is 0 Å². The molecule has 0 bridgehead atoms. The summed E-state index contributed by atoms with van der Waals surface area (Å²) in [6, 6.07) is 9.06. The van der Waals surface area contributed by atoms with Gasteiger partial charge in [0.25, 0.3) is 5.91 Å². The van der Waals surface area contributed by atoms with Crippen molar-refractivity contribution in [3.05, 3.63) is 65.5 Å². The number of carbonyl (C=O) groups excluding carboxylic acids is 3. The number of hydrogen-bond acceptors (Lipinski definition) is 12. The number of primary sulfonamides is 1. The number of fused-ring (bicyclic) bond motifs is 2. The zero-order valence-corrected chi connectivity index (χ0v) is 33.2. The van der Waals surface area contributed by atoms with Crippen molar-refractivity contribution in [1.29, 1.82) is 0 Å². The van der Waals surface area contributed by atoms with E-state index < -0.39 is 27.4 Å². The Balaban J connectivity index is 1.16. The molecule has 2 aromatic carbocycles. The summed E-state index contributed by atoms with van der Waals surface area (Å²) in [7, 11) is -4.01. The van der Waals surface area contributed by atoms with Crippen LogP contribution in [0.4, 0.5) is 16.7 Å². The number of sulfonamides is 1. The number of benzene rings is 2. The lowest BCUT2D eigenvalue weighted by Gasteiger charge is -2.39. The third-order valence-corrected chi connectivity index (χ3v) is 9.88. The van der Waals surface area contributed by atoms with E-state index in [1.807, 2.05) is 39.8 Å². The highest BCUT2D eigenvalue weighted by molar-refractivity contribution is 7.89. The van der Waals surface area contributed by atoms with Gasteiger partial charge in [-0.2, -0.15) is 5.10 Å². The first-order valence-electron chi connectivity index (χ1n) is 18.3. The molecule has 0 saturated carbocycles. The van der Waals surface area contributed by atoms with Gasteiger partial charge in [0.1, 0.15) is 22.6 Å². The number of primary amides is 1. The van der Waals surface area contributed by atoms with Crippen LogP contribution in [-0.2, 0) is 39.1 Å². The summed E-state index contributed by atoms with van der Waals surface area (Å²) in [5, 5.41) is 12.6. The molecule has 4 heterocycles. The second-order valence-corrected chi connectivity index (χ2v) is 16.1. The molecule has 0 unspecified atom stereocenters. The van der Waals surface area contributed by atoms with Crippen LogP contribution in [0.3, 0.4) is 0 Å². The molecule has 3 amide bonds. The summed E-state index contributed by atoms with van der Waals surface area (Å²) in [5.74, 6) is -0.389. The minimum Gasteiger partial charge on any atom is -0.491 e. The Hall–Kier alpha value is -5.99. The number of likely N-dealkylation sites (tertiary alicyclic amines) is 1. The lowest BCUT2D eigenvalue weighted by molar-refractivity contribution is -0.0647. The predicted molar refractivity (Wildman–Crippen MR) is 211 cm³/mol. The molecule has 7 N–H and O–H groups in total. The monoisotopic (exact) mass is 805 g/mol. The molecule has 19 nitrogen and oxygen atoms in total. The summed E-state index contributed by atoms with van der Waals surface area (Å²) in [6.45, 7) is 11.6. The number of allylic oxidation sites excluding steroid dienone is 2. The molecule has 6 rings (SSSR count). The van der Waals surface area contributed by atoms with Gasteiger partial charge in [-0.05, 0) is 71.0 Å². The van der Waals surface area contributed by atoms with E-state index in [4.69, 9.17) is 30.8 Å². The van der Waals surface area contributed by atoms with Gasteiger partial charge in [0.15, 0.2) is 0 Å². The van der Waals surface area contributed by atoms with Gasteiger partial charge in [0, 0.05) is 31.6 Å². The average molecular weight is 806 g/mol. The van der Waals surface area contributed by atoms with Crippen LogP contribution < -0.4 is 26.7 Å². The number of rotatable bonds is 15. The van der Waals surface area contributed by atoms with Crippen molar-refractivity contribution in [2.45, 2.75) is 77.3 Å². The number of aromatic nitrogens is 6. The van der Waals surface area contributed by atoms with Crippen LogP contribution in [0.15, 0.2) is 53.4 Å². The van der Waals surface area contributed by atoms with Crippen LogP contribution in [-0.4, -0.2) is 98.1 Å². The fourth-order valence-corrected chi connectivity index (χ4v) is 6.79. The van der Waals surface area contributed by atoms with Crippen molar-refractivity contribution in [2.24, 2.45) is 10.9 Å². The molecule has 57 heavy (non-hydrogen) atoms. The average Bonchev–Trinajstić information content (AvgIpc) is 3.76. The molecule has 1 aliphatic rings. The molecule has 5 aromatic rings. The minimum atomic E-state index is -4.01. The van der Waals surface area contributed by atoms with Crippen molar-refractivity contribution >= 4 is 61.9 Å². The van der Waals surface area contributed by atoms with E-state index in [0.29, 0.717) is 71.9 Å². The number of hydrogen-bond donors (Lipinski definition) is 4. The minimum absolute atomic E-state index is 0.0994. The number of nitrogens with one attached hydrogen (secondary N) is 1. The van der Waals surface area contributed by atoms with E-state index in [-0.39, 0.29) is 54.2 Å². The molecule has 0 atom stereocenters. The Morgan fingerprint density at radius 2 is 1.72 bits per heavy atom. The molecule has 0 radical (unpaired) electrons. The van der Waals surface area contributed by atoms with Gasteiger partial charge in [-0.1, -0.05) is 12.2 Å². The van der Waals surface area contributed by atoms with E-state index in [1.165, 1.54) is 12.1 Å². The fourth-order valence-electron chi connectivity index (χ4n) is 6.26. The Bertz CT molecular complexity index is 2470. The highest BCUT2D eigenvalue weighted by atomic mass is 32.2. The van der Waals surface area contributed by atoms with Crippen LogP contribution in [0, 0.1) is 6.92 Å². The van der Waals surface area contributed by atoms with E-state index in [2.05, 4.69) is 20.4 Å². The van der Waals surface area contributed by atoms with Gasteiger partial charge in [-0.15, -0.1) is 0 Å². The second kappa shape index (κ2) is 16.2. The third kappa shape index (κ3) is 9.35. The van der Waals surface area contributed by atoms with Crippen molar-refractivity contribution in [1.82, 2.24) is 33.8 Å². The zero-order valence-electron chi connectivity index (χ0n) is 32.4. The maximum absolute atomic E-state index is 13.4. The van der Waals surface area contributed by atoms with Crippen molar-refractivity contribution in [3.8, 4) is 5.75 Å². The van der Waals surface area contributed by atoms with Crippen LogP contribution in [0.25, 0.3) is 22.1 Å². The Labute approximate surface area is 328 Å². The molecule has 3 aromatic heterocycles. The number of aryl methyl sites for hydroxylation is 2. The molecule has 20 heteroatoms. The Morgan fingerprint density at radius 3 is 2.39 bits per heavy atom. The maximum atomic E-state index is 13.4. The smallest absolute Gasteiger partial charge is 0.410 e. The molecule has 1 fully saturated rings. The normalized spacial score (nSPS) is 13.8. The molecule has 0 spiro atoms. The first kappa shape index (κ1) is 40.7. The van der Waals surface area contributed by atoms with Crippen LogP contribution in [0.1, 0.15) is 60.7 Å². The standard InChI is InChI=1S/C37H47N11O8S/c1-6-48-29(16-22(2)44-48)33(50)43-35-42-26-19-25(57(40,52)53)10-11-28(26)46(35)12-7-8-13-47-31-27(41-34(47)39)17-23(32(38)49)18-30(31)55-15-9-14-54-24-20-45(21-24)36(51)56-37(3,4)5/h7-8,10-11,16-19,24H,6,9,12-15,20-21H2,1-5H3,(H2,38,49)(H2,39,41)(H2,40,52,53)(H,42,43,50)/b8-7+. The van der Waals surface area contributed by atoms with Crippen LogP contribution in [0.5, 0.6) is 5.75 Å². The van der Waals surface area contributed by atoms with Crippen LogP contribution in [0.2, 0.25) is 0 Å². The molecule has 1 saturated heterocycles. The summed E-state index contributed by atoms with van der Waals surface area (Å²) in [4.78, 5) is 48.2. The van der Waals surface area contributed by atoms with E-state index in [1.54, 1.807) is 49.9 Å². The first-order valence-corrected chi connectivity index (χ1v) is 19.8. The number of nitrogen functional groups attached to an aromatic ring is 1. The number of nitrogens with zero attached hydrogens (tertiary/aromatic N) is 7. The number of anilines is 2. The second-order valence-electron chi connectivity index (χ2n) is 14.5. The summed E-state index contributed by atoms with van der Waals surface area (Å²) < 4.78 is 46.6. The summed E-state index contributed by atoms with van der Waals surface area (Å²) >= 11 is 0. The fraction of sp³-hybridized carbons (Fsp3) is 0.405. The lowest BCUT2D eigenvalue weighted by atomic mass is 10.1. The van der Waals surface area contributed by atoms with Gasteiger partial charge in [-0.25, -0.2) is 28.3 Å². The van der Waals surface area contributed by atoms with Gasteiger partial charge < -0.3 is 39.7 Å². The largest absolute Gasteiger partial charge is 0.491 e. The SMILES string of the molecule is CCn1nc(C)cc1C(=O)Nc1nc2cc(S(N)(=O)=O)ccc2n1C/C=C/Cn1c(N)nc2cc(C(N)=O)cc(OCCCOC3CN(C(=O)OC(C)(C)C)C3)c21. The molecular weight excluding hydrogens is 759 g/mol. The van der Waals surface area contributed by atoms with Gasteiger partial charge in [0.2, 0.25) is 27.8 Å². The predicted octanol–water partition coefficient (Wildman–Crippen LogP) is 3.15. The number of amides is 3. The quantitative estimate of drug-likeness (QED) is 0.0879. The third-order valence-electron chi connectivity index (χ3n) is 8.97. The van der Waals surface area contributed by atoms with Gasteiger partial charge >= 0.3 is 6.09 Å². The van der Waals surface area contributed by atoms with Gasteiger partial charge in [0.05, 0.1) is 59.5 Å². The maximum Gasteiger partial charge on any atom is 0.410 e. The summed E-state index contributed by atoms with van der Waals surface area (Å²) in [5.41, 5.74) is 14.5. The van der Waals surface area contributed by atoms with Crippen molar-refractivity contribution in [2.75, 3.05) is 37.4 Å². The van der Waals surface area contributed by atoms with E-state index >= 15 is 0 Å². The first-order chi connectivity index (χ1) is 26.9. The molecular formula is C37H47N11O8S. The number of carbonyl (C=O) groups is 3. The molecule has 304 valence electrons. The zero-order chi connectivity index (χ0) is 41.2. The highest BCUT2D eigenvalue weighted by Crippen LogP contribution is 2.31. The van der Waals surface area contributed by atoms with Gasteiger partial charge in [-0.3, -0.25) is 19.6 Å². The lowest BCUT2D eigenvalue weighted by Crippen LogP contribution is -2.56. The number of imidazole rings is 2. The number of ether oxygens (including phenoxy) is 3. The topological polar surface area (TPSA) is 260 Å². The molecule has 1 aliphatic heterocycles. The summed E-state index contributed by atoms with van der Waals surface area (Å²) in [6.07, 6.45) is 3.72. The van der Waals surface area contributed by atoms with E-state index in [9.17, 15) is 22.8 Å². The van der Waals surface area contributed by atoms with Crippen molar-refractivity contribution in [3.63, 3.8) is 0 Å².